The summed E-state index contributed by atoms with van der Waals surface area (Å²) >= 11 is 0. The summed E-state index contributed by atoms with van der Waals surface area (Å²) < 4.78 is 6.97. The molecule has 0 bridgehead atoms. The highest BCUT2D eigenvalue weighted by molar-refractivity contribution is 5.42. The fraction of sp³-hybridized carbons (Fsp3) is 0.545. The summed E-state index contributed by atoms with van der Waals surface area (Å²) in [4.78, 5) is 18.9. The lowest BCUT2D eigenvalue weighted by Gasteiger charge is -2.42. The van der Waals surface area contributed by atoms with Crippen molar-refractivity contribution in [2.24, 2.45) is 5.84 Å². The number of ether oxygens (including phenoxy) is 1. The molecule has 0 aliphatic carbocycles. The van der Waals surface area contributed by atoms with E-state index in [-0.39, 0.29) is 11.5 Å². The molecule has 0 radical (unpaired) electrons. The standard InChI is InChI=1S/C11H17N9O/c1-11(2)5-21-4-3-19(11)9-15-8(18-12)16-10(17-9)20-7-13-6-14-20/h6-7H,3-5,12H2,1-2H3,(H,15,16,17,18). The molecule has 1 fully saturated rings. The first-order valence-electron chi connectivity index (χ1n) is 6.53. The Labute approximate surface area is 121 Å². The van der Waals surface area contributed by atoms with Crippen LogP contribution in [0.2, 0.25) is 0 Å². The second-order valence-corrected chi connectivity index (χ2v) is 5.26. The van der Waals surface area contributed by atoms with Crippen molar-refractivity contribution in [3.63, 3.8) is 0 Å². The molecule has 10 heteroatoms. The van der Waals surface area contributed by atoms with Gasteiger partial charge in [0.15, 0.2) is 0 Å². The molecule has 1 saturated heterocycles. The smallest absolute Gasteiger partial charge is 0.258 e. The summed E-state index contributed by atoms with van der Waals surface area (Å²) in [5.74, 6) is 6.60. The molecular formula is C11H17N9O. The Kier molecular flexibility index (Phi) is 3.39. The summed E-state index contributed by atoms with van der Waals surface area (Å²) in [7, 11) is 0. The number of rotatable bonds is 3. The zero-order valence-corrected chi connectivity index (χ0v) is 11.9. The van der Waals surface area contributed by atoms with Gasteiger partial charge in [0.05, 0.1) is 18.8 Å². The van der Waals surface area contributed by atoms with Crippen molar-refractivity contribution in [2.45, 2.75) is 19.4 Å². The number of nitrogens with one attached hydrogen (secondary N) is 1. The fourth-order valence-electron chi connectivity index (χ4n) is 2.18. The van der Waals surface area contributed by atoms with Gasteiger partial charge < -0.3 is 9.64 Å². The Balaban J connectivity index is 2.03. The average molecular weight is 291 g/mol. The molecule has 0 aromatic carbocycles. The lowest BCUT2D eigenvalue weighted by Crippen LogP contribution is -2.54. The van der Waals surface area contributed by atoms with Gasteiger partial charge in [-0.25, -0.2) is 10.8 Å². The Morgan fingerprint density at radius 3 is 2.76 bits per heavy atom. The normalized spacial score (nSPS) is 17.8. The van der Waals surface area contributed by atoms with E-state index < -0.39 is 0 Å². The number of nitrogen functional groups attached to an aromatic ring is 1. The van der Waals surface area contributed by atoms with Gasteiger partial charge in [0.25, 0.3) is 5.95 Å². The highest BCUT2D eigenvalue weighted by atomic mass is 16.5. The lowest BCUT2D eigenvalue weighted by atomic mass is 10.0. The number of hydrogen-bond acceptors (Lipinski definition) is 9. The molecule has 10 nitrogen and oxygen atoms in total. The molecule has 2 aromatic heterocycles. The van der Waals surface area contributed by atoms with Crippen LogP contribution in [0.3, 0.4) is 0 Å². The molecule has 3 N–H and O–H groups in total. The van der Waals surface area contributed by atoms with E-state index >= 15 is 0 Å². The molecule has 21 heavy (non-hydrogen) atoms. The van der Waals surface area contributed by atoms with Crippen LogP contribution >= 0.6 is 0 Å². The van der Waals surface area contributed by atoms with E-state index in [1.165, 1.54) is 17.3 Å². The lowest BCUT2D eigenvalue weighted by molar-refractivity contribution is 0.0633. The summed E-state index contributed by atoms with van der Waals surface area (Å²) in [5, 5.41) is 4.03. The van der Waals surface area contributed by atoms with E-state index in [0.29, 0.717) is 31.7 Å². The maximum atomic E-state index is 5.51. The van der Waals surface area contributed by atoms with Crippen LogP contribution in [0.4, 0.5) is 11.9 Å². The van der Waals surface area contributed by atoms with Crippen molar-refractivity contribution >= 4 is 11.9 Å². The van der Waals surface area contributed by atoms with Gasteiger partial charge in [0.1, 0.15) is 12.7 Å². The SMILES string of the molecule is CC1(C)COCCN1c1nc(NN)nc(-n2cncn2)n1. The van der Waals surface area contributed by atoms with Crippen LogP contribution < -0.4 is 16.2 Å². The molecule has 0 amide bonds. The molecule has 1 aliphatic heterocycles. The van der Waals surface area contributed by atoms with Crippen LogP contribution in [-0.2, 0) is 4.74 Å². The number of aromatic nitrogens is 6. The van der Waals surface area contributed by atoms with Crippen molar-refractivity contribution in [1.82, 2.24) is 29.7 Å². The molecule has 0 unspecified atom stereocenters. The van der Waals surface area contributed by atoms with E-state index in [1.807, 2.05) is 0 Å². The summed E-state index contributed by atoms with van der Waals surface area (Å²) in [5.41, 5.74) is 2.24. The second-order valence-electron chi connectivity index (χ2n) is 5.26. The minimum absolute atomic E-state index is 0.217. The zero-order valence-electron chi connectivity index (χ0n) is 11.9. The zero-order chi connectivity index (χ0) is 14.9. The third-order valence-electron chi connectivity index (χ3n) is 3.25. The van der Waals surface area contributed by atoms with Crippen LogP contribution in [0.5, 0.6) is 0 Å². The first-order valence-corrected chi connectivity index (χ1v) is 6.53. The molecule has 112 valence electrons. The van der Waals surface area contributed by atoms with Crippen molar-refractivity contribution in [1.29, 1.82) is 0 Å². The average Bonchev–Trinajstić information content (AvgIpc) is 3.00. The molecular weight excluding hydrogens is 274 g/mol. The summed E-state index contributed by atoms with van der Waals surface area (Å²) in [6.45, 7) is 6.06. The minimum atomic E-state index is -0.217. The first kappa shape index (κ1) is 13.6. The molecule has 2 aromatic rings. The predicted molar refractivity (Wildman–Crippen MR) is 74.8 cm³/mol. The van der Waals surface area contributed by atoms with Crippen LogP contribution in [0.1, 0.15) is 13.8 Å². The van der Waals surface area contributed by atoms with E-state index in [4.69, 9.17) is 10.6 Å². The van der Waals surface area contributed by atoms with Gasteiger partial charge in [-0.2, -0.15) is 24.7 Å². The Morgan fingerprint density at radius 1 is 1.29 bits per heavy atom. The summed E-state index contributed by atoms with van der Waals surface area (Å²) in [6, 6.07) is 0. The maximum absolute atomic E-state index is 5.51. The number of nitrogens with zero attached hydrogens (tertiary/aromatic N) is 7. The van der Waals surface area contributed by atoms with Gasteiger partial charge in [-0.1, -0.05) is 0 Å². The van der Waals surface area contributed by atoms with Crippen molar-refractivity contribution < 1.29 is 4.74 Å². The van der Waals surface area contributed by atoms with Gasteiger partial charge >= 0.3 is 0 Å². The monoisotopic (exact) mass is 291 g/mol. The van der Waals surface area contributed by atoms with Crippen molar-refractivity contribution in [3.8, 4) is 5.95 Å². The van der Waals surface area contributed by atoms with Gasteiger partial charge in [-0.05, 0) is 13.8 Å². The van der Waals surface area contributed by atoms with Crippen LogP contribution in [0.15, 0.2) is 12.7 Å². The molecule has 3 heterocycles. The third kappa shape index (κ3) is 2.62. The fourth-order valence-corrected chi connectivity index (χ4v) is 2.18. The van der Waals surface area contributed by atoms with Gasteiger partial charge in [-0.3, -0.25) is 5.43 Å². The summed E-state index contributed by atoms with van der Waals surface area (Å²) in [6.07, 6.45) is 2.93. The van der Waals surface area contributed by atoms with Crippen LogP contribution in [0.25, 0.3) is 5.95 Å². The third-order valence-corrected chi connectivity index (χ3v) is 3.25. The van der Waals surface area contributed by atoms with Crippen molar-refractivity contribution in [2.75, 3.05) is 30.1 Å². The van der Waals surface area contributed by atoms with Crippen molar-refractivity contribution in [3.05, 3.63) is 12.7 Å². The van der Waals surface area contributed by atoms with Gasteiger partial charge in [-0.15, -0.1) is 0 Å². The maximum Gasteiger partial charge on any atom is 0.258 e. The largest absolute Gasteiger partial charge is 0.377 e. The first-order chi connectivity index (χ1) is 10.1. The predicted octanol–water partition coefficient (Wildman–Crippen LogP) is -0.647. The topological polar surface area (TPSA) is 120 Å². The van der Waals surface area contributed by atoms with E-state index in [0.717, 1.165) is 0 Å². The number of anilines is 2. The van der Waals surface area contributed by atoms with E-state index in [2.05, 4.69) is 49.2 Å². The number of hydrogen-bond donors (Lipinski definition) is 2. The number of morpholine rings is 1. The second kappa shape index (κ2) is 5.22. The van der Waals surface area contributed by atoms with Crippen LogP contribution in [0, 0.1) is 0 Å². The number of nitrogens with two attached hydrogens (primary N) is 1. The highest BCUT2D eigenvalue weighted by Gasteiger charge is 2.33. The number of hydrazine groups is 1. The molecule has 1 aliphatic rings. The molecule has 0 atom stereocenters. The molecule has 3 rings (SSSR count). The molecule has 0 saturated carbocycles. The van der Waals surface area contributed by atoms with E-state index in [1.54, 1.807) is 0 Å². The van der Waals surface area contributed by atoms with Crippen LogP contribution in [-0.4, -0.2) is 55.0 Å². The Morgan fingerprint density at radius 2 is 2.10 bits per heavy atom. The van der Waals surface area contributed by atoms with Gasteiger partial charge in [0, 0.05) is 6.54 Å². The molecule has 0 spiro atoms. The minimum Gasteiger partial charge on any atom is -0.377 e. The highest BCUT2D eigenvalue weighted by Crippen LogP contribution is 2.24. The Bertz CT molecular complexity index is 612. The van der Waals surface area contributed by atoms with Gasteiger partial charge in [0.2, 0.25) is 11.9 Å². The quantitative estimate of drug-likeness (QED) is 0.561. The Hall–Kier alpha value is -2.33. The van der Waals surface area contributed by atoms with E-state index in [9.17, 15) is 0 Å².